The number of hydrogen-bond acceptors (Lipinski definition) is 5. The van der Waals surface area contributed by atoms with Crippen LogP contribution in [-0.2, 0) is 11.3 Å². The van der Waals surface area contributed by atoms with Gasteiger partial charge >= 0.3 is 11.8 Å². The number of rotatable bonds is 5. The molecular formula is C18H20ClN3O5. The zero-order chi connectivity index (χ0) is 20.2. The van der Waals surface area contributed by atoms with Crippen LogP contribution in [0.4, 0.5) is 10.6 Å². The Kier molecular flexibility index (Phi) is 6.22. The van der Waals surface area contributed by atoms with E-state index < -0.39 is 40.2 Å². The van der Waals surface area contributed by atoms with Gasteiger partial charge in [-0.05, 0) is 26.3 Å². The summed E-state index contributed by atoms with van der Waals surface area (Å²) in [5.41, 5.74) is -2.21. The number of carbonyl (C=O) groups is 2. The van der Waals surface area contributed by atoms with E-state index in [9.17, 15) is 19.2 Å². The minimum atomic E-state index is -0.930. The number of ketones is 1. The van der Waals surface area contributed by atoms with Gasteiger partial charge in [-0.2, -0.15) is 0 Å². The number of hydrogen-bond donors (Lipinski definition) is 2. The van der Waals surface area contributed by atoms with Gasteiger partial charge in [0.2, 0.25) is 0 Å². The van der Waals surface area contributed by atoms with Crippen LogP contribution in [-0.4, -0.2) is 32.9 Å². The number of nitrogens with one attached hydrogen (secondary N) is 2. The summed E-state index contributed by atoms with van der Waals surface area (Å²) in [5.74, 6) is -1.48. The fourth-order valence-electron chi connectivity index (χ4n) is 2.34. The van der Waals surface area contributed by atoms with Crippen LogP contribution in [0.15, 0.2) is 39.9 Å². The number of aromatic nitrogens is 2. The summed E-state index contributed by atoms with van der Waals surface area (Å²) in [7, 11) is 0. The molecule has 0 fully saturated rings. The molecule has 9 heteroatoms. The number of aromatic amines is 1. The zero-order valence-corrected chi connectivity index (χ0v) is 15.9. The fourth-order valence-corrected chi connectivity index (χ4v) is 2.48. The van der Waals surface area contributed by atoms with Crippen molar-refractivity contribution in [3.8, 4) is 0 Å². The van der Waals surface area contributed by atoms with E-state index in [1.807, 2.05) is 0 Å². The van der Waals surface area contributed by atoms with Crippen LogP contribution in [0.2, 0.25) is 0 Å². The molecule has 0 aliphatic carbocycles. The van der Waals surface area contributed by atoms with E-state index in [1.54, 1.807) is 51.1 Å². The summed E-state index contributed by atoms with van der Waals surface area (Å²) >= 11 is 5.59. The number of amides is 1. The number of alkyl halides is 1. The minimum absolute atomic E-state index is 0.0180. The number of nitrogens with zero attached hydrogens (tertiary/aromatic N) is 1. The summed E-state index contributed by atoms with van der Waals surface area (Å²) < 4.78 is 6.26. The van der Waals surface area contributed by atoms with Crippen molar-refractivity contribution in [3.63, 3.8) is 0 Å². The Morgan fingerprint density at radius 2 is 1.81 bits per heavy atom. The third-order valence-electron chi connectivity index (χ3n) is 3.40. The first-order chi connectivity index (χ1) is 12.6. The largest absolute Gasteiger partial charge is 0.444 e. The van der Waals surface area contributed by atoms with E-state index in [2.05, 4.69) is 10.3 Å². The van der Waals surface area contributed by atoms with Crippen molar-refractivity contribution >= 4 is 29.3 Å². The average molecular weight is 394 g/mol. The lowest BCUT2D eigenvalue weighted by Gasteiger charge is -2.21. The van der Waals surface area contributed by atoms with Gasteiger partial charge < -0.3 is 4.74 Å². The van der Waals surface area contributed by atoms with Crippen LogP contribution in [0.5, 0.6) is 0 Å². The Morgan fingerprint density at radius 1 is 1.19 bits per heavy atom. The molecule has 0 atom stereocenters. The molecule has 8 nitrogen and oxygen atoms in total. The highest BCUT2D eigenvalue weighted by Gasteiger charge is 2.24. The van der Waals surface area contributed by atoms with Gasteiger partial charge in [0, 0.05) is 0 Å². The quantitative estimate of drug-likeness (QED) is 0.598. The number of carbonyl (C=O) groups excluding carboxylic acids is 2. The molecule has 1 aromatic carbocycles. The van der Waals surface area contributed by atoms with Crippen molar-refractivity contribution in [1.29, 1.82) is 0 Å². The Morgan fingerprint density at radius 3 is 2.37 bits per heavy atom. The van der Waals surface area contributed by atoms with Gasteiger partial charge in [0.05, 0.1) is 12.4 Å². The predicted octanol–water partition coefficient (Wildman–Crippen LogP) is 2.35. The molecule has 2 N–H and O–H groups in total. The van der Waals surface area contributed by atoms with Gasteiger partial charge in [-0.1, -0.05) is 30.3 Å². The van der Waals surface area contributed by atoms with E-state index in [1.165, 1.54) is 0 Å². The Labute approximate surface area is 160 Å². The van der Waals surface area contributed by atoms with Crippen molar-refractivity contribution in [3.05, 3.63) is 62.3 Å². The molecule has 1 amide bonds. The standard InChI is InChI=1S/C18H20ClN3O5/c1-18(2,3)27-17(26)20-14-13(12(23)9-19)15(24)21-16(25)22(14)10-11-7-5-4-6-8-11/h4-8H,9-10H2,1-3H3,(H,20,26)(H,21,24,25). The van der Waals surface area contributed by atoms with Gasteiger partial charge in [-0.15, -0.1) is 11.6 Å². The summed E-state index contributed by atoms with van der Waals surface area (Å²) in [4.78, 5) is 51.0. The van der Waals surface area contributed by atoms with Crippen molar-refractivity contribution in [2.75, 3.05) is 11.2 Å². The van der Waals surface area contributed by atoms with Crippen LogP contribution >= 0.6 is 11.6 Å². The second-order valence-corrected chi connectivity index (χ2v) is 7.01. The van der Waals surface area contributed by atoms with E-state index in [-0.39, 0.29) is 12.4 Å². The second kappa shape index (κ2) is 8.22. The first-order valence-corrected chi connectivity index (χ1v) is 8.66. The molecule has 1 aromatic heterocycles. The molecule has 2 aromatic rings. The molecule has 0 aliphatic rings. The summed E-state index contributed by atoms with van der Waals surface area (Å²) in [5, 5.41) is 2.36. The number of halogens is 1. The monoisotopic (exact) mass is 393 g/mol. The first kappa shape index (κ1) is 20.4. The number of ether oxygens (including phenoxy) is 1. The number of Topliss-reactive ketones (excluding diaryl/α,β-unsaturated/α-hetero) is 1. The van der Waals surface area contributed by atoms with Crippen LogP contribution in [0.3, 0.4) is 0 Å². The SMILES string of the molecule is CC(C)(C)OC(=O)Nc1c(C(=O)CCl)c(=O)[nH]c(=O)n1Cc1ccccc1. The smallest absolute Gasteiger partial charge is 0.413 e. The maximum atomic E-state index is 12.4. The molecular weight excluding hydrogens is 374 g/mol. The molecule has 1 heterocycles. The average Bonchev–Trinajstić information content (AvgIpc) is 2.57. The van der Waals surface area contributed by atoms with E-state index in [0.717, 1.165) is 10.1 Å². The van der Waals surface area contributed by atoms with Gasteiger partial charge in [0.25, 0.3) is 5.56 Å². The van der Waals surface area contributed by atoms with Gasteiger partial charge in [0.1, 0.15) is 17.0 Å². The molecule has 0 radical (unpaired) electrons. The lowest BCUT2D eigenvalue weighted by atomic mass is 10.2. The van der Waals surface area contributed by atoms with Crippen molar-refractivity contribution in [2.24, 2.45) is 0 Å². The zero-order valence-electron chi connectivity index (χ0n) is 15.2. The topological polar surface area (TPSA) is 110 Å². The van der Waals surface area contributed by atoms with Crippen LogP contribution in [0, 0.1) is 0 Å². The molecule has 0 bridgehead atoms. The van der Waals surface area contributed by atoms with E-state index in [0.29, 0.717) is 0 Å². The highest BCUT2D eigenvalue weighted by molar-refractivity contribution is 6.31. The first-order valence-electron chi connectivity index (χ1n) is 8.12. The van der Waals surface area contributed by atoms with Crippen LogP contribution in [0.25, 0.3) is 0 Å². The minimum Gasteiger partial charge on any atom is -0.444 e. The summed E-state index contributed by atoms with van der Waals surface area (Å²) in [6.07, 6.45) is -0.905. The molecule has 0 unspecified atom stereocenters. The molecule has 0 saturated carbocycles. The summed E-state index contributed by atoms with van der Waals surface area (Å²) in [6.45, 7) is 4.99. The van der Waals surface area contributed by atoms with Gasteiger partial charge in [-0.25, -0.2) is 9.59 Å². The van der Waals surface area contributed by atoms with E-state index in [4.69, 9.17) is 16.3 Å². The third-order valence-corrected chi connectivity index (χ3v) is 3.65. The van der Waals surface area contributed by atoms with E-state index >= 15 is 0 Å². The third kappa shape index (κ3) is 5.30. The summed E-state index contributed by atoms with van der Waals surface area (Å²) in [6, 6.07) is 8.88. The van der Waals surface area contributed by atoms with Crippen molar-refractivity contribution in [2.45, 2.75) is 32.9 Å². The van der Waals surface area contributed by atoms with Crippen molar-refractivity contribution in [1.82, 2.24) is 9.55 Å². The fraction of sp³-hybridized carbons (Fsp3) is 0.333. The molecule has 144 valence electrons. The Hall–Kier alpha value is -2.87. The van der Waals surface area contributed by atoms with Gasteiger partial charge in [0.15, 0.2) is 5.78 Å². The van der Waals surface area contributed by atoms with Crippen LogP contribution in [0.1, 0.15) is 36.7 Å². The van der Waals surface area contributed by atoms with Gasteiger partial charge in [-0.3, -0.25) is 24.5 Å². The van der Waals surface area contributed by atoms with Crippen molar-refractivity contribution < 1.29 is 14.3 Å². The highest BCUT2D eigenvalue weighted by atomic mass is 35.5. The Bertz CT molecular complexity index is 958. The maximum Gasteiger partial charge on any atom is 0.413 e. The molecule has 0 aliphatic heterocycles. The normalized spacial score (nSPS) is 11.1. The van der Waals surface area contributed by atoms with Crippen LogP contribution < -0.4 is 16.6 Å². The lowest BCUT2D eigenvalue weighted by Crippen LogP contribution is -2.38. The molecule has 0 spiro atoms. The number of benzene rings is 1. The number of anilines is 1. The lowest BCUT2D eigenvalue weighted by molar-refractivity contribution is 0.0634. The molecule has 27 heavy (non-hydrogen) atoms. The number of H-pyrrole nitrogens is 1. The maximum absolute atomic E-state index is 12.4. The highest BCUT2D eigenvalue weighted by Crippen LogP contribution is 2.16. The molecule has 0 saturated heterocycles. The second-order valence-electron chi connectivity index (χ2n) is 6.74. The molecule has 2 rings (SSSR count). The Balaban J connectivity index is 2.60. The predicted molar refractivity (Wildman–Crippen MR) is 102 cm³/mol.